The van der Waals surface area contributed by atoms with E-state index in [1.165, 1.54) is 6.33 Å². The molecule has 0 unspecified atom stereocenters. The van der Waals surface area contributed by atoms with Crippen LogP contribution in [0.25, 0.3) is 0 Å². The monoisotopic (exact) mass is 138 g/mol. The second-order valence-corrected chi connectivity index (χ2v) is 2.01. The molecular formula is C6H10N4. The predicted octanol–water partition coefficient (Wildman–Crippen LogP) is -0.565. The third-order valence-corrected chi connectivity index (χ3v) is 1.26. The van der Waals surface area contributed by atoms with E-state index in [1.54, 1.807) is 12.4 Å². The van der Waals surface area contributed by atoms with Gasteiger partial charge in [0.1, 0.15) is 6.33 Å². The smallest absolute Gasteiger partial charge is 0.115 e. The maximum Gasteiger partial charge on any atom is 0.115 e. The summed E-state index contributed by atoms with van der Waals surface area (Å²) in [4.78, 5) is 7.61. The first-order valence-electron chi connectivity index (χ1n) is 3.05. The first-order chi connectivity index (χ1) is 4.84. The standard InChI is InChI=1S/C6H10N4/c7-1-6(8)5-2-9-4-10-3-5/h2-4,6H,1,7-8H2/t6-/m1/s1. The third kappa shape index (κ3) is 1.49. The van der Waals surface area contributed by atoms with Gasteiger partial charge in [-0.1, -0.05) is 0 Å². The number of aromatic nitrogens is 2. The fourth-order valence-corrected chi connectivity index (χ4v) is 0.638. The van der Waals surface area contributed by atoms with Crippen molar-refractivity contribution in [1.29, 1.82) is 0 Å². The highest BCUT2D eigenvalue weighted by Crippen LogP contribution is 2.02. The largest absolute Gasteiger partial charge is 0.329 e. The molecule has 0 radical (unpaired) electrons. The van der Waals surface area contributed by atoms with Gasteiger partial charge in [0.05, 0.1) is 0 Å². The molecular weight excluding hydrogens is 128 g/mol. The Bertz CT molecular complexity index is 186. The number of hydrogen-bond acceptors (Lipinski definition) is 4. The van der Waals surface area contributed by atoms with Gasteiger partial charge in [0.2, 0.25) is 0 Å². The molecule has 10 heavy (non-hydrogen) atoms. The van der Waals surface area contributed by atoms with Crippen LogP contribution in [-0.2, 0) is 0 Å². The van der Waals surface area contributed by atoms with Crippen molar-refractivity contribution < 1.29 is 0 Å². The van der Waals surface area contributed by atoms with Crippen LogP contribution in [0.1, 0.15) is 11.6 Å². The highest BCUT2D eigenvalue weighted by Gasteiger charge is 2.01. The Hall–Kier alpha value is -1.00. The van der Waals surface area contributed by atoms with Crippen molar-refractivity contribution in [3.05, 3.63) is 24.3 Å². The van der Waals surface area contributed by atoms with Gasteiger partial charge in [0, 0.05) is 30.5 Å². The molecule has 0 saturated carbocycles. The molecule has 1 rings (SSSR count). The van der Waals surface area contributed by atoms with Gasteiger partial charge < -0.3 is 11.5 Å². The molecule has 54 valence electrons. The molecule has 4 heteroatoms. The molecule has 0 saturated heterocycles. The summed E-state index contributed by atoms with van der Waals surface area (Å²) in [6.45, 7) is 0.424. The van der Waals surface area contributed by atoms with E-state index in [0.717, 1.165) is 5.56 Å². The zero-order valence-corrected chi connectivity index (χ0v) is 5.57. The third-order valence-electron chi connectivity index (χ3n) is 1.26. The van der Waals surface area contributed by atoms with Crippen LogP contribution in [0.5, 0.6) is 0 Å². The SMILES string of the molecule is NC[C@@H](N)c1cncnc1. The maximum absolute atomic E-state index is 5.59. The summed E-state index contributed by atoms with van der Waals surface area (Å²) in [7, 11) is 0. The van der Waals surface area contributed by atoms with E-state index in [2.05, 4.69) is 9.97 Å². The van der Waals surface area contributed by atoms with Gasteiger partial charge in [-0.3, -0.25) is 0 Å². The summed E-state index contributed by atoms with van der Waals surface area (Å²) >= 11 is 0. The normalized spacial score (nSPS) is 13.0. The van der Waals surface area contributed by atoms with E-state index in [-0.39, 0.29) is 6.04 Å². The van der Waals surface area contributed by atoms with Gasteiger partial charge in [-0.05, 0) is 0 Å². The van der Waals surface area contributed by atoms with Crippen LogP contribution in [0.3, 0.4) is 0 Å². The van der Waals surface area contributed by atoms with E-state index in [1.807, 2.05) is 0 Å². The second kappa shape index (κ2) is 3.24. The molecule has 1 aromatic rings. The van der Waals surface area contributed by atoms with Crippen molar-refractivity contribution in [3.8, 4) is 0 Å². The lowest BCUT2D eigenvalue weighted by molar-refractivity contribution is 0.727. The van der Waals surface area contributed by atoms with Crippen LogP contribution in [0.2, 0.25) is 0 Å². The number of hydrogen-bond donors (Lipinski definition) is 2. The average molecular weight is 138 g/mol. The van der Waals surface area contributed by atoms with Crippen molar-refractivity contribution in [1.82, 2.24) is 9.97 Å². The predicted molar refractivity (Wildman–Crippen MR) is 38.0 cm³/mol. The van der Waals surface area contributed by atoms with E-state index in [0.29, 0.717) is 6.54 Å². The fraction of sp³-hybridized carbons (Fsp3) is 0.333. The summed E-state index contributed by atoms with van der Waals surface area (Å²) in [6.07, 6.45) is 4.81. The topological polar surface area (TPSA) is 77.8 Å². The Morgan fingerprint density at radius 2 is 2.00 bits per heavy atom. The summed E-state index contributed by atoms with van der Waals surface area (Å²) in [5.41, 5.74) is 11.8. The fourth-order valence-electron chi connectivity index (χ4n) is 0.638. The Morgan fingerprint density at radius 3 is 2.50 bits per heavy atom. The Kier molecular flexibility index (Phi) is 2.30. The van der Waals surface area contributed by atoms with Crippen molar-refractivity contribution in [3.63, 3.8) is 0 Å². The Labute approximate surface area is 59.3 Å². The van der Waals surface area contributed by atoms with Gasteiger partial charge in [0.15, 0.2) is 0 Å². The van der Waals surface area contributed by atoms with E-state index < -0.39 is 0 Å². The quantitative estimate of drug-likeness (QED) is 0.574. The minimum atomic E-state index is -0.138. The Balaban J connectivity index is 2.75. The van der Waals surface area contributed by atoms with Crippen molar-refractivity contribution in [2.75, 3.05) is 6.54 Å². The van der Waals surface area contributed by atoms with Crippen molar-refractivity contribution in [2.24, 2.45) is 11.5 Å². The van der Waals surface area contributed by atoms with Crippen LogP contribution >= 0.6 is 0 Å². The second-order valence-electron chi connectivity index (χ2n) is 2.01. The average Bonchev–Trinajstić information content (AvgIpc) is 2.05. The van der Waals surface area contributed by atoms with Gasteiger partial charge in [0.25, 0.3) is 0 Å². The number of rotatable bonds is 2. The molecule has 0 bridgehead atoms. The Morgan fingerprint density at radius 1 is 1.40 bits per heavy atom. The highest BCUT2D eigenvalue weighted by molar-refractivity contribution is 5.08. The molecule has 4 N–H and O–H groups in total. The van der Waals surface area contributed by atoms with Gasteiger partial charge in [-0.25, -0.2) is 9.97 Å². The lowest BCUT2D eigenvalue weighted by Crippen LogP contribution is -2.20. The molecule has 1 aromatic heterocycles. The lowest BCUT2D eigenvalue weighted by atomic mass is 10.2. The lowest BCUT2D eigenvalue weighted by Gasteiger charge is -2.05. The first-order valence-corrected chi connectivity index (χ1v) is 3.05. The number of nitrogens with two attached hydrogens (primary N) is 2. The molecule has 1 heterocycles. The van der Waals surface area contributed by atoms with Crippen LogP contribution in [0, 0.1) is 0 Å². The van der Waals surface area contributed by atoms with Crippen molar-refractivity contribution >= 4 is 0 Å². The molecule has 0 fully saturated rings. The van der Waals surface area contributed by atoms with E-state index in [4.69, 9.17) is 11.5 Å². The van der Waals surface area contributed by atoms with Crippen LogP contribution in [-0.4, -0.2) is 16.5 Å². The van der Waals surface area contributed by atoms with Gasteiger partial charge in [-0.2, -0.15) is 0 Å². The summed E-state index contributed by atoms with van der Waals surface area (Å²) < 4.78 is 0. The minimum absolute atomic E-state index is 0.138. The summed E-state index contributed by atoms with van der Waals surface area (Å²) in [5.74, 6) is 0. The van der Waals surface area contributed by atoms with Crippen LogP contribution in [0.15, 0.2) is 18.7 Å². The molecule has 1 atom stereocenters. The maximum atomic E-state index is 5.59. The van der Waals surface area contributed by atoms with Crippen LogP contribution in [0.4, 0.5) is 0 Å². The molecule has 0 aliphatic heterocycles. The van der Waals surface area contributed by atoms with E-state index in [9.17, 15) is 0 Å². The molecule has 4 nitrogen and oxygen atoms in total. The zero-order chi connectivity index (χ0) is 7.40. The summed E-state index contributed by atoms with van der Waals surface area (Å²) in [6, 6.07) is -0.138. The van der Waals surface area contributed by atoms with Crippen LogP contribution < -0.4 is 11.5 Å². The molecule has 0 aliphatic rings. The minimum Gasteiger partial charge on any atom is -0.329 e. The van der Waals surface area contributed by atoms with Crippen molar-refractivity contribution in [2.45, 2.75) is 6.04 Å². The molecule has 0 aromatic carbocycles. The summed E-state index contributed by atoms with van der Waals surface area (Å²) in [5, 5.41) is 0. The van der Waals surface area contributed by atoms with Gasteiger partial charge in [-0.15, -0.1) is 0 Å². The molecule has 0 amide bonds. The van der Waals surface area contributed by atoms with E-state index >= 15 is 0 Å². The first kappa shape index (κ1) is 7.11. The molecule has 0 spiro atoms. The van der Waals surface area contributed by atoms with Gasteiger partial charge >= 0.3 is 0 Å². The highest BCUT2D eigenvalue weighted by atomic mass is 14.8. The molecule has 0 aliphatic carbocycles. The zero-order valence-electron chi connectivity index (χ0n) is 5.57. The number of nitrogens with zero attached hydrogens (tertiary/aromatic N) is 2.